The van der Waals surface area contributed by atoms with Crippen LogP contribution in [0.1, 0.15) is 30.3 Å². The zero-order chi connectivity index (χ0) is 19.4. The number of carbonyl (C=O) groups is 1. The Labute approximate surface area is 174 Å². The Kier molecular flexibility index (Phi) is 8.32. The van der Waals surface area contributed by atoms with Crippen LogP contribution in [-0.4, -0.2) is 80.5 Å². The number of rotatable bonds is 6. The predicted octanol–water partition coefficient (Wildman–Crippen LogP) is 0.503. The quantitative estimate of drug-likeness (QED) is 0.682. The minimum absolute atomic E-state index is 0. The summed E-state index contributed by atoms with van der Waals surface area (Å²) < 4.78 is 29.0. The fourth-order valence-corrected chi connectivity index (χ4v) is 5.44. The highest BCUT2D eigenvalue weighted by atomic mass is 35.5. The summed E-state index contributed by atoms with van der Waals surface area (Å²) in [4.78, 5) is 15.0. The molecule has 2 aliphatic heterocycles. The topological polar surface area (TPSA) is 86.7 Å². The molecular weight excluding hydrogens is 402 g/mol. The Balaban J connectivity index is 0.00000280. The van der Waals surface area contributed by atoms with Crippen LogP contribution in [0.3, 0.4) is 0 Å². The van der Waals surface area contributed by atoms with Crippen LogP contribution < -0.4 is 10.6 Å². The van der Waals surface area contributed by atoms with Crippen LogP contribution in [0, 0.1) is 5.92 Å². The van der Waals surface area contributed by atoms with Crippen molar-refractivity contribution in [3.05, 3.63) is 18.0 Å². The number of aryl methyl sites for hydroxylation is 1. The molecule has 8 nitrogen and oxygen atoms in total. The van der Waals surface area contributed by atoms with E-state index in [9.17, 15) is 13.2 Å². The lowest BCUT2D eigenvalue weighted by atomic mass is 10.0. The van der Waals surface area contributed by atoms with Crippen LogP contribution in [0.5, 0.6) is 0 Å². The number of amides is 1. The summed E-state index contributed by atoms with van der Waals surface area (Å²) in [6, 6.07) is 1.49. The monoisotopic (exact) mass is 433 g/mol. The highest BCUT2D eigenvalue weighted by Gasteiger charge is 2.30. The second kappa shape index (κ2) is 10.1. The van der Waals surface area contributed by atoms with Crippen molar-refractivity contribution in [1.29, 1.82) is 0 Å². The zero-order valence-electron chi connectivity index (χ0n) is 16.7. The fraction of sp³-hybridized carbons (Fsp3) is 0.722. The van der Waals surface area contributed by atoms with Gasteiger partial charge in [0.05, 0.1) is 0 Å². The van der Waals surface area contributed by atoms with Gasteiger partial charge in [-0.3, -0.25) is 9.69 Å². The second-order valence-electron chi connectivity index (χ2n) is 7.63. The predicted molar refractivity (Wildman–Crippen MR) is 111 cm³/mol. The van der Waals surface area contributed by atoms with E-state index in [4.69, 9.17) is 0 Å². The third-order valence-electron chi connectivity index (χ3n) is 5.39. The number of carbonyl (C=O) groups excluding carboxylic acids is 1. The number of hydrogen-bond acceptors (Lipinski definition) is 5. The van der Waals surface area contributed by atoms with Crippen molar-refractivity contribution in [3.63, 3.8) is 0 Å². The molecule has 1 atom stereocenters. The summed E-state index contributed by atoms with van der Waals surface area (Å²) in [7, 11) is -1.84. The Hall–Kier alpha value is -1.13. The van der Waals surface area contributed by atoms with Gasteiger partial charge in [-0.05, 0) is 24.8 Å². The Morgan fingerprint density at radius 2 is 2.00 bits per heavy atom. The SMILES string of the molecule is CC1CCCN(S(=O)(=O)c2cc(C(=O)NCCN3CCNCC3)n(C)c2)C1.Cl. The molecule has 1 unspecified atom stereocenters. The van der Waals surface area contributed by atoms with E-state index in [1.165, 1.54) is 6.07 Å². The average molecular weight is 434 g/mol. The number of piperidine rings is 1. The molecule has 0 radical (unpaired) electrons. The number of aromatic nitrogens is 1. The molecule has 2 N–H and O–H groups in total. The molecule has 0 bridgehead atoms. The summed E-state index contributed by atoms with van der Waals surface area (Å²) in [6.07, 6.45) is 3.48. The number of piperazine rings is 1. The maximum Gasteiger partial charge on any atom is 0.267 e. The van der Waals surface area contributed by atoms with E-state index < -0.39 is 10.0 Å². The first-order chi connectivity index (χ1) is 12.9. The molecule has 2 fully saturated rings. The largest absolute Gasteiger partial charge is 0.349 e. The molecule has 10 heteroatoms. The van der Waals surface area contributed by atoms with Gasteiger partial charge in [0, 0.05) is 65.6 Å². The van der Waals surface area contributed by atoms with Gasteiger partial charge < -0.3 is 15.2 Å². The summed E-state index contributed by atoms with van der Waals surface area (Å²) in [5.41, 5.74) is 0.374. The lowest BCUT2D eigenvalue weighted by Crippen LogP contribution is -2.46. The number of halogens is 1. The van der Waals surface area contributed by atoms with E-state index in [1.807, 2.05) is 0 Å². The van der Waals surface area contributed by atoms with Crippen LogP contribution in [0.2, 0.25) is 0 Å². The molecule has 1 amide bonds. The molecule has 3 heterocycles. The van der Waals surface area contributed by atoms with E-state index in [2.05, 4.69) is 22.5 Å². The molecule has 0 spiro atoms. The molecule has 160 valence electrons. The van der Waals surface area contributed by atoms with Gasteiger partial charge >= 0.3 is 0 Å². The molecule has 0 aliphatic carbocycles. The summed E-state index contributed by atoms with van der Waals surface area (Å²) in [5, 5.41) is 6.21. The number of sulfonamides is 1. The van der Waals surface area contributed by atoms with Gasteiger partial charge in [-0.15, -0.1) is 12.4 Å². The van der Waals surface area contributed by atoms with E-state index in [1.54, 1.807) is 22.1 Å². The average Bonchev–Trinajstić information content (AvgIpc) is 3.05. The number of nitrogens with zero attached hydrogens (tertiary/aromatic N) is 3. The van der Waals surface area contributed by atoms with Crippen LogP contribution >= 0.6 is 12.4 Å². The van der Waals surface area contributed by atoms with E-state index in [0.29, 0.717) is 31.2 Å². The van der Waals surface area contributed by atoms with E-state index in [-0.39, 0.29) is 23.2 Å². The molecule has 28 heavy (non-hydrogen) atoms. The second-order valence-corrected chi connectivity index (χ2v) is 9.57. The molecule has 0 aromatic carbocycles. The Morgan fingerprint density at radius 3 is 2.68 bits per heavy atom. The zero-order valence-corrected chi connectivity index (χ0v) is 18.3. The highest BCUT2D eigenvalue weighted by Crippen LogP contribution is 2.24. The first kappa shape index (κ1) is 23.2. The normalized spacial score (nSPS) is 21.9. The van der Waals surface area contributed by atoms with E-state index in [0.717, 1.165) is 45.6 Å². The Morgan fingerprint density at radius 1 is 1.29 bits per heavy atom. The molecule has 1 aromatic rings. The van der Waals surface area contributed by atoms with Crippen LogP contribution in [0.25, 0.3) is 0 Å². The number of hydrogen-bond donors (Lipinski definition) is 2. The molecular formula is C18H32ClN5O3S. The first-order valence-corrected chi connectivity index (χ1v) is 11.2. The minimum atomic E-state index is -3.55. The summed E-state index contributed by atoms with van der Waals surface area (Å²) >= 11 is 0. The fourth-order valence-electron chi connectivity index (χ4n) is 3.77. The van der Waals surface area contributed by atoms with Crippen LogP contribution in [0.15, 0.2) is 17.2 Å². The standard InChI is InChI=1S/C18H31N5O3S.ClH/c1-15-4-3-8-23(13-15)27(25,26)16-12-17(21(2)14-16)18(24)20-7-11-22-9-5-19-6-10-22;/h12,14-15,19H,3-11,13H2,1-2H3,(H,20,24);1H. The highest BCUT2D eigenvalue weighted by molar-refractivity contribution is 7.89. The third-order valence-corrected chi connectivity index (χ3v) is 7.22. The lowest BCUT2D eigenvalue weighted by molar-refractivity contribution is 0.0939. The smallest absolute Gasteiger partial charge is 0.267 e. The van der Waals surface area contributed by atoms with Gasteiger partial charge in [-0.1, -0.05) is 6.92 Å². The van der Waals surface area contributed by atoms with Gasteiger partial charge in [0.1, 0.15) is 10.6 Å². The van der Waals surface area contributed by atoms with Crippen molar-refractivity contribution in [2.75, 3.05) is 52.4 Å². The molecule has 3 rings (SSSR count). The first-order valence-electron chi connectivity index (χ1n) is 9.75. The van der Waals surface area contributed by atoms with Gasteiger partial charge in [0.2, 0.25) is 10.0 Å². The summed E-state index contributed by atoms with van der Waals surface area (Å²) in [5.74, 6) is 0.131. The van der Waals surface area contributed by atoms with Crippen LogP contribution in [0.4, 0.5) is 0 Å². The van der Waals surface area contributed by atoms with E-state index >= 15 is 0 Å². The maximum absolute atomic E-state index is 12.9. The van der Waals surface area contributed by atoms with Crippen molar-refractivity contribution in [2.24, 2.45) is 13.0 Å². The van der Waals surface area contributed by atoms with Gasteiger partial charge in [0.15, 0.2) is 0 Å². The third kappa shape index (κ3) is 5.48. The van der Waals surface area contributed by atoms with Crippen molar-refractivity contribution >= 4 is 28.3 Å². The molecule has 2 aliphatic rings. The van der Waals surface area contributed by atoms with Crippen molar-refractivity contribution in [1.82, 2.24) is 24.4 Å². The molecule has 1 aromatic heterocycles. The maximum atomic E-state index is 12.9. The van der Waals surface area contributed by atoms with Crippen LogP contribution in [-0.2, 0) is 17.1 Å². The molecule has 2 saturated heterocycles. The Bertz CT molecular complexity index is 761. The molecule has 0 saturated carbocycles. The minimum Gasteiger partial charge on any atom is -0.349 e. The lowest BCUT2D eigenvalue weighted by Gasteiger charge is -2.29. The number of nitrogens with one attached hydrogen (secondary N) is 2. The van der Waals surface area contributed by atoms with Gasteiger partial charge in [-0.25, -0.2) is 8.42 Å². The van der Waals surface area contributed by atoms with Crippen molar-refractivity contribution in [3.8, 4) is 0 Å². The van der Waals surface area contributed by atoms with Gasteiger partial charge in [-0.2, -0.15) is 4.31 Å². The van der Waals surface area contributed by atoms with Gasteiger partial charge in [0.25, 0.3) is 5.91 Å². The van der Waals surface area contributed by atoms with Crippen molar-refractivity contribution < 1.29 is 13.2 Å². The van der Waals surface area contributed by atoms with Crippen molar-refractivity contribution in [2.45, 2.75) is 24.7 Å². The summed E-state index contributed by atoms with van der Waals surface area (Å²) in [6.45, 7) is 8.43.